The molecular weight excluding hydrogens is 241 g/mol. The topological polar surface area (TPSA) is 43.1 Å². The molecule has 0 N–H and O–H groups in total. The first-order chi connectivity index (χ1) is 8.24. The van der Waals surface area contributed by atoms with E-state index >= 15 is 0 Å². The Kier molecular flexibility index (Phi) is 3.93. The van der Waals surface area contributed by atoms with Crippen LogP contribution < -0.4 is 0 Å². The van der Waals surface area contributed by atoms with E-state index in [9.17, 15) is 9.18 Å². The predicted molar refractivity (Wildman–Crippen MR) is 62.3 cm³/mol. The fourth-order valence-electron chi connectivity index (χ4n) is 1.30. The largest absolute Gasteiger partial charge is 0.440 e. The number of carbonyl (C=O) groups excluding carboxylic acids is 1. The summed E-state index contributed by atoms with van der Waals surface area (Å²) in [5, 5.41) is 0.484. The number of nitrogens with zero attached hydrogens (tertiary/aromatic N) is 1. The van der Waals surface area contributed by atoms with E-state index in [4.69, 9.17) is 4.42 Å². The van der Waals surface area contributed by atoms with Crippen LogP contribution in [0.1, 0.15) is 5.56 Å². The maximum atomic E-state index is 12.6. The third-order valence-corrected chi connectivity index (χ3v) is 3.00. The van der Waals surface area contributed by atoms with Gasteiger partial charge in [-0.15, -0.1) is 0 Å². The van der Waals surface area contributed by atoms with E-state index in [0.717, 1.165) is 5.56 Å². The lowest BCUT2D eigenvalue weighted by Crippen LogP contribution is -2.05. The molecule has 0 fully saturated rings. The van der Waals surface area contributed by atoms with E-state index < -0.39 is 0 Å². The minimum atomic E-state index is -0.296. The van der Waals surface area contributed by atoms with Gasteiger partial charge in [-0.1, -0.05) is 23.9 Å². The molecule has 2 aromatic rings. The second-order valence-electron chi connectivity index (χ2n) is 3.43. The molecule has 0 spiro atoms. The molecule has 17 heavy (non-hydrogen) atoms. The second kappa shape index (κ2) is 5.63. The number of carbonyl (C=O) groups is 1. The van der Waals surface area contributed by atoms with Crippen LogP contribution in [0.4, 0.5) is 4.39 Å². The molecule has 0 unspecified atom stereocenters. The normalized spacial score (nSPS) is 10.4. The first kappa shape index (κ1) is 11.9. The molecule has 1 aromatic heterocycles. The first-order valence-electron chi connectivity index (χ1n) is 5.02. The number of ketones is 1. The van der Waals surface area contributed by atoms with Gasteiger partial charge in [0.05, 0.1) is 11.9 Å². The first-order valence-corrected chi connectivity index (χ1v) is 6.01. The molecule has 2 rings (SSSR count). The monoisotopic (exact) mass is 251 g/mol. The smallest absolute Gasteiger partial charge is 0.255 e. The van der Waals surface area contributed by atoms with Crippen LogP contribution >= 0.6 is 11.8 Å². The van der Waals surface area contributed by atoms with Crippen LogP contribution in [0.15, 0.2) is 46.4 Å². The summed E-state index contributed by atoms with van der Waals surface area (Å²) in [6, 6.07) is 5.93. The summed E-state index contributed by atoms with van der Waals surface area (Å²) in [6.07, 6.45) is 3.30. The molecule has 5 heteroatoms. The zero-order valence-electron chi connectivity index (χ0n) is 8.93. The van der Waals surface area contributed by atoms with Crippen LogP contribution in [0, 0.1) is 5.82 Å². The van der Waals surface area contributed by atoms with Crippen molar-refractivity contribution in [3.63, 3.8) is 0 Å². The molecule has 0 atom stereocenters. The average molecular weight is 251 g/mol. The van der Waals surface area contributed by atoms with E-state index in [2.05, 4.69) is 4.98 Å². The van der Waals surface area contributed by atoms with Crippen LogP contribution in [0.3, 0.4) is 0 Å². The summed E-state index contributed by atoms with van der Waals surface area (Å²) in [4.78, 5) is 15.5. The van der Waals surface area contributed by atoms with E-state index in [1.807, 2.05) is 0 Å². The van der Waals surface area contributed by atoms with Crippen molar-refractivity contribution >= 4 is 17.5 Å². The van der Waals surface area contributed by atoms with Gasteiger partial charge in [0, 0.05) is 6.42 Å². The molecule has 3 nitrogen and oxygen atoms in total. The van der Waals surface area contributed by atoms with Crippen LogP contribution in [0.5, 0.6) is 0 Å². The number of thioether (sulfide) groups is 1. The third kappa shape index (κ3) is 3.71. The molecule has 1 aromatic carbocycles. The zero-order chi connectivity index (χ0) is 12.1. The number of benzene rings is 1. The minimum absolute atomic E-state index is 0.0554. The lowest BCUT2D eigenvalue weighted by atomic mass is 10.1. The van der Waals surface area contributed by atoms with E-state index in [-0.39, 0.29) is 11.6 Å². The summed E-state index contributed by atoms with van der Waals surface area (Å²) in [5.41, 5.74) is 0.810. The minimum Gasteiger partial charge on any atom is -0.440 e. The Morgan fingerprint density at radius 3 is 2.76 bits per heavy atom. The van der Waals surface area contributed by atoms with Gasteiger partial charge in [-0.05, 0) is 17.7 Å². The molecule has 0 saturated heterocycles. The van der Waals surface area contributed by atoms with Crippen molar-refractivity contribution in [2.75, 3.05) is 5.75 Å². The highest BCUT2D eigenvalue weighted by molar-refractivity contribution is 7.99. The van der Waals surface area contributed by atoms with Gasteiger partial charge < -0.3 is 4.42 Å². The fraction of sp³-hybridized carbons (Fsp3) is 0.167. The predicted octanol–water partition coefficient (Wildman–Crippen LogP) is 2.72. The zero-order valence-corrected chi connectivity index (χ0v) is 9.74. The van der Waals surface area contributed by atoms with E-state index in [0.29, 0.717) is 17.4 Å². The summed E-state index contributed by atoms with van der Waals surface area (Å²) in [5.74, 6) is 0.0629. The number of aromatic nitrogens is 1. The van der Waals surface area contributed by atoms with Gasteiger partial charge in [0.2, 0.25) is 0 Å². The number of Topliss-reactive ketones (excluding diaryl/α,β-unsaturated/α-hetero) is 1. The Hall–Kier alpha value is -1.62. The molecule has 0 aliphatic heterocycles. The Morgan fingerprint density at radius 1 is 1.35 bits per heavy atom. The van der Waals surface area contributed by atoms with Gasteiger partial charge in [0.25, 0.3) is 5.22 Å². The Balaban J connectivity index is 1.83. The quantitative estimate of drug-likeness (QED) is 0.766. The highest BCUT2D eigenvalue weighted by Crippen LogP contribution is 2.15. The lowest BCUT2D eigenvalue weighted by Gasteiger charge is -1.99. The Labute approximate surface area is 102 Å². The number of hydrogen-bond donors (Lipinski definition) is 0. The molecule has 0 aliphatic carbocycles. The molecule has 1 heterocycles. The lowest BCUT2D eigenvalue weighted by molar-refractivity contribution is -0.116. The van der Waals surface area contributed by atoms with Gasteiger partial charge >= 0.3 is 0 Å². The Morgan fingerprint density at radius 2 is 2.12 bits per heavy atom. The molecule has 0 amide bonds. The third-order valence-electron chi connectivity index (χ3n) is 2.08. The van der Waals surface area contributed by atoms with Crippen molar-refractivity contribution in [1.29, 1.82) is 0 Å². The van der Waals surface area contributed by atoms with Crippen molar-refractivity contribution in [3.8, 4) is 0 Å². The van der Waals surface area contributed by atoms with Crippen molar-refractivity contribution in [3.05, 3.63) is 48.1 Å². The molecule has 0 saturated carbocycles. The Bertz CT molecular complexity index is 482. The van der Waals surface area contributed by atoms with Gasteiger partial charge in [0.15, 0.2) is 0 Å². The van der Waals surface area contributed by atoms with Gasteiger partial charge in [-0.3, -0.25) is 4.79 Å². The van der Waals surface area contributed by atoms with Crippen LogP contribution in [0.2, 0.25) is 0 Å². The molecule has 0 radical (unpaired) electrons. The summed E-state index contributed by atoms with van der Waals surface area (Å²) >= 11 is 1.26. The van der Waals surface area contributed by atoms with Gasteiger partial charge in [-0.25, -0.2) is 9.37 Å². The summed E-state index contributed by atoms with van der Waals surface area (Å²) in [6.45, 7) is 0. The average Bonchev–Trinajstić information content (AvgIpc) is 2.83. The molecular formula is C12H10FNO2S. The molecule has 88 valence electrons. The molecule has 0 aliphatic rings. The molecule has 0 bridgehead atoms. The highest BCUT2D eigenvalue weighted by Gasteiger charge is 2.07. The van der Waals surface area contributed by atoms with Crippen LogP contribution in [0.25, 0.3) is 0 Å². The number of rotatable bonds is 5. The van der Waals surface area contributed by atoms with E-state index in [1.165, 1.54) is 36.4 Å². The SMILES string of the molecule is O=C(CSc1ncco1)Cc1ccc(F)cc1. The maximum Gasteiger partial charge on any atom is 0.255 e. The van der Waals surface area contributed by atoms with Crippen molar-refractivity contribution in [1.82, 2.24) is 4.98 Å². The summed E-state index contributed by atoms with van der Waals surface area (Å²) < 4.78 is 17.6. The summed E-state index contributed by atoms with van der Waals surface area (Å²) in [7, 11) is 0. The number of halogens is 1. The fourth-order valence-corrected chi connectivity index (χ4v) is 1.95. The highest BCUT2D eigenvalue weighted by atomic mass is 32.2. The van der Waals surface area contributed by atoms with Crippen LogP contribution in [-0.2, 0) is 11.2 Å². The standard InChI is InChI=1S/C12H10FNO2S/c13-10-3-1-9(2-4-10)7-11(15)8-17-12-14-5-6-16-12/h1-6H,7-8H2. The van der Waals surface area contributed by atoms with Crippen molar-refractivity contribution in [2.24, 2.45) is 0 Å². The van der Waals surface area contributed by atoms with E-state index in [1.54, 1.807) is 12.1 Å². The van der Waals surface area contributed by atoms with Gasteiger partial charge in [0.1, 0.15) is 17.9 Å². The van der Waals surface area contributed by atoms with Gasteiger partial charge in [-0.2, -0.15) is 0 Å². The second-order valence-corrected chi connectivity index (χ2v) is 4.36. The van der Waals surface area contributed by atoms with Crippen molar-refractivity contribution < 1.29 is 13.6 Å². The maximum absolute atomic E-state index is 12.6. The number of oxazole rings is 1. The van der Waals surface area contributed by atoms with Crippen molar-refractivity contribution in [2.45, 2.75) is 11.6 Å². The number of hydrogen-bond acceptors (Lipinski definition) is 4. The van der Waals surface area contributed by atoms with Crippen LogP contribution in [-0.4, -0.2) is 16.5 Å².